The lowest BCUT2D eigenvalue weighted by Crippen LogP contribution is -2.13. The monoisotopic (exact) mass is 262 g/mol. The fourth-order valence-corrected chi connectivity index (χ4v) is 3.75. The van der Waals surface area contributed by atoms with Gasteiger partial charge in [0.05, 0.1) is 22.1 Å². The molecule has 1 aliphatic rings. The van der Waals surface area contributed by atoms with Crippen molar-refractivity contribution in [3.05, 3.63) is 24.3 Å². The molecule has 1 atom stereocenters. The number of rotatable bonds is 3. The van der Waals surface area contributed by atoms with E-state index in [2.05, 4.69) is 31.2 Å². The van der Waals surface area contributed by atoms with E-state index < -0.39 is 0 Å². The number of hydrogen-bond acceptors (Lipinski definition) is 4. The van der Waals surface area contributed by atoms with Crippen LogP contribution in [0.5, 0.6) is 0 Å². The second-order valence-corrected chi connectivity index (χ2v) is 6.29. The van der Waals surface area contributed by atoms with Gasteiger partial charge in [0.25, 0.3) is 0 Å². The van der Waals surface area contributed by atoms with E-state index in [0.29, 0.717) is 11.7 Å². The third kappa shape index (κ3) is 3.27. The molecular weight excluding hydrogens is 248 g/mol. The number of aliphatic imine (C=N–C) groups is 1. The number of hydrogen-bond donors (Lipinski definition) is 0. The molecule has 0 radical (unpaired) electrons. The fourth-order valence-electron chi connectivity index (χ4n) is 1.58. The topological polar surface area (TPSA) is 36.1 Å². The van der Waals surface area contributed by atoms with Gasteiger partial charge in [-0.3, -0.25) is 0 Å². The van der Waals surface area contributed by atoms with Crippen molar-refractivity contribution < 1.29 is 0 Å². The van der Waals surface area contributed by atoms with Gasteiger partial charge in [-0.2, -0.15) is 5.26 Å². The van der Waals surface area contributed by atoms with Gasteiger partial charge in [0, 0.05) is 17.1 Å². The van der Waals surface area contributed by atoms with Gasteiger partial charge in [-0.15, -0.1) is 23.5 Å². The zero-order valence-corrected chi connectivity index (χ0v) is 11.4. The zero-order valence-electron chi connectivity index (χ0n) is 9.72. The van der Waals surface area contributed by atoms with Gasteiger partial charge in [0.2, 0.25) is 0 Å². The van der Waals surface area contributed by atoms with Crippen LogP contribution in [0.25, 0.3) is 0 Å². The molecule has 4 heteroatoms. The summed E-state index contributed by atoms with van der Waals surface area (Å²) in [5.74, 6) is 0.986. The molecule has 1 aromatic rings. The minimum atomic E-state index is 0.428. The van der Waals surface area contributed by atoms with Crippen molar-refractivity contribution in [1.82, 2.24) is 0 Å². The van der Waals surface area contributed by atoms with E-state index in [1.165, 1.54) is 9.94 Å². The molecule has 17 heavy (non-hydrogen) atoms. The Morgan fingerprint density at radius 2 is 2.29 bits per heavy atom. The largest absolute Gasteiger partial charge is 0.244 e. The Bertz CT molecular complexity index is 463. The van der Waals surface area contributed by atoms with Crippen LogP contribution < -0.4 is 0 Å². The van der Waals surface area contributed by atoms with E-state index in [0.717, 1.165) is 17.9 Å². The molecule has 1 aromatic carbocycles. The molecule has 0 aliphatic carbocycles. The van der Waals surface area contributed by atoms with Gasteiger partial charge >= 0.3 is 0 Å². The molecule has 88 valence electrons. The van der Waals surface area contributed by atoms with Crippen LogP contribution in [0.2, 0.25) is 0 Å². The Balaban J connectivity index is 2.03. The van der Waals surface area contributed by atoms with Crippen molar-refractivity contribution >= 4 is 34.3 Å². The first-order valence-electron chi connectivity index (χ1n) is 5.65. The normalized spacial score (nSPS) is 18.1. The van der Waals surface area contributed by atoms with E-state index >= 15 is 0 Å². The zero-order chi connectivity index (χ0) is 12.1. The van der Waals surface area contributed by atoms with Crippen LogP contribution in [0.3, 0.4) is 0 Å². The van der Waals surface area contributed by atoms with E-state index in [1.54, 1.807) is 11.8 Å². The molecule has 0 bridgehead atoms. The standard InChI is InChI=1S/C13H14N2S2/c1-10-13(16-9-5-4-8-14)15-11-6-2-3-7-12(11)17-10/h2-3,6-7,10H,4-5,9H2,1H3. The third-order valence-corrected chi connectivity index (χ3v) is 4.99. The summed E-state index contributed by atoms with van der Waals surface area (Å²) in [7, 11) is 0. The van der Waals surface area contributed by atoms with E-state index in [9.17, 15) is 0 Å². The number of thioether (sulfide) groups is 2. The predicted octanol–water partition coefficient (Wildman–Crippen LogP) is 4.25. The lowest BCUT2D eigenvalue weighted by atomic mass is 10.3. The Labute approximate surface area is 111 Å². The summed E-state index contributed by atoms with van der Waals surface area (Å²) in [4.78, 5) is 5.97. The van der Waals surface area contributed by atoms with Crippen molar-refractivity contribution in [3.8, 4) is 6.07 Å². The van der Waals surface area contributed by atoms with Crippen LogP contribution in [0.15, 0.2) is 34.2 Å². The molecule has 2 rings (SSSR count). The quantitative estimate of drug-likeness (QED) is 0.764. The second kappa shape index (κ2) is 6.13. The van der Waals surface area contributed by atoms with Gasteiger partial charge in [-0.1, -0.05) is 12.1 Å². The number of fused-ring (bicyclic) bond motifs is 1. The average molecular weight is 262 g/mol. The summed E-state index contributed by atoms with van der Waals surface area (Å²) in [6.45, 7) is 2.19. The Hall–Kier alpha value is -0.920. The van der Waals surface area contributed by atoms with Gasteiger partial charge in [-0.25, -0.2) is 4.99 Å². The highest BCUT2D eigenvalue weighted by molar-refractivity contribution is 8.16. The maximum Gasteiger partial charge on any atom is 0.0870 e. The van der Waals surface area contributed by atoms with Crippen LogP contribution in [0, 0.1) is 11.3 Å². The molecule has 1 unspecified atom stereocenters. The van der Waals surface area contributed by atoms with Crippen molar-refractivity contribution in [3.63, 3.8) is 0 Å². The highest BCUT2D eigenvalue weighted by atomic mass is 32.2. The fraction of sp³-hybridized carbons (Fsp3) is 0.385. The minimum Gasteiger partial charge on any atom is -0.244 e. The molecule has 0 saturated heterocycles. The summed E-state index contributed by atoms with van der Waals surface area (Å²) in [6.07, 6.45) is 1.58. The number of nitriles is 1. The van der Waals surface area contributed by atoms with Crippen LogP contribution in [-0.2, 0) is 0 Å². The molecule has 1 aliphatic heterocycles. The summed E-state index contributed by atoms with van der Waals surface area (Å²) in [6, 6.07) is 10.4. The first kappa shape index (κ1) is 12.5. The first-order valence-corrected chi connectivity index (χ1v) is 7.52. The molecule has 0 amide bonds. The maximum absolute atomic E-state index is 8.49. The number of benzene rings is 1. The Kier molecular flexibility index (Phi) is 4.52. The van der Waals surface area contributed by atoms with Gasteiger partial charge in [0.1, 0.15) is 0 Å². The molecule has 2 nitrogen and oxygen atoms in total. The number of unbranched alkanes of at least 4 members (excludes halogenated alkanes) is 1. The van der Waals surface area contributed by atoms with Crippen molar-refractivity contribution in [2.45, 2.75) is 29.9 Å². The molecule has 0 aromatic heterocycles. The van der Waals surface area contributed by atoms with Gasteiger partial charge < -0.3 is 0 Å². The molecule has 0 fully saturated rings. The van der Waals surface area contributed by atoms with Crippen LogP contribution in [0.4, 0.5) is 5.69 Å². The molecule has 0 saturated carbocycles. The molecular formula is C13H14N2S2. The van der Waals surface area contributed by atoms with E-state index in [-0.39, 0.29) is 0 Å². The molecule has 0 spiro atoms. The highest BCUT2D eigenvalue weighted by Gasteiger charge is 2.19. The Morgan fingerprint density at radius 1 is 1.47 bits per heavy atom. The predicted molar refractivity (Wildman–Crippen MR) is 76.2 cm³/mol. The van der Waals surface area contributed by atoms with Crippen LogP contribution in [-0.4, -0.2) is 16.0 Å². The van der Waals surface area contributed by atoms with Crippen LogP contribution >= 0.6 is 23.5 Å². The lowest BCUT2D eigenvalue weighted by Gasteiger charge is -2.20. The van der Waals surface area contributed by atoms with Crippen molar-refractivity contribution in [1.29, 1.82) is 5.26 Å². The number of nitrogens with zero attached hydrogens (tertiary/aromatic N) is 2. The van der Waals surface area contributed by atoms with Gasteiger partial charge in [0.15, 0.2) is 0 Å². The number of para-hydroxylation sites is 1. The smallest absolute Gasteiger partial charge is 0.0870 e. The average Bonchev–Trinajstić information content (AvgIpc) is 2.35. The van der Waals surface area contributed by atoms with Gasteiger partial charge in [-0.05, 0) is 25.5 Å². The van der Waals surface area contributed by atoms with E-state index in [1.807, 2.05) is 17.8 Å². The summed E-state index contributed by atoms with van der Waals surface area (Å²) < 4.78 is 0. The molecule has 1 heterocycles. The summed E-state index contributed by atoms with van der Waals surface area (Å²) in [5, 5.41) is 10.1. The highest BCUT2D eigenvalue weighted by Crippen LogP contribution is 2.39. The van der Waals surface area contributed by atoms with Crippen molar-refractivity contribution in [2.24, 2.45) is 4.99 Å². The van der Waals surface area contributed by atoms with E-state index in [4.69, 9.17) is 10.3 Å². The lowest BCUT2D eigenvalue weighted by molar-refractivity contribution is 0.984. The molecule has 0 N–H and O–H groups in total. The minimum absolute atomic E-state index is 0.428. The van der Waals surface area contributed by atoms with Crippen molar-refractivity contribution in [2.75, 3.05) is 5.75 Å². The first-order chi connectivity index (χ1) is 8.31. The SMILES string of the molecule is CC1Sc2ccccc2N=C1SCCCC#N. The summed E-state index contributed by atoms with van der Waals surface area (Å²) >= 11 is 3.65. The Morgan fingerprint density at radius 3 is 3.12 bits per heavy atom. The third-order valence-electron chi connectivity index (χ3n) is 2.43. The van der Waals surface area contributed by atoms with Crippen LogP contribution in [0.1, 0.15) is 19.8 Å². The second-order valence-electron chi connectivity index (χ2n) is 3.79. The maximum atomic E-state index is 8.49. The summed E-state index contributed by atoms with van der Waals surface area (Å²) in [5.41, 5.74) is 1.08.